The zero-order chi connectivity index (χ0) is 20.8. The maximum atomic E-state index is 12.4. The number of methoxy groups -OCH3 is 1. The number of likely N-dealkylation sites (tertiary alicyclic amines) is 1. The Labute approximate surface area is 173 Å². The lowest BCUT2D eigenvalue weighted by molar-refractivity contribution is -0.133. The summed E-state index contributed by atoms with van der Waals surface area (Å²) < 4.78 is 11.1. The zero-order valence-corrected chi connectivity index (χ0v) is 17.9. The molecule has 0 saturated carbocycles. The van der Waals surface area contributed by atoms with Gasteiger partial charge in [0.05, 0.1) is 13.0 Å². The first kappa shape index (κ1) is 21.1. The maximum absolute atomic E-state index is 12.4. The number of hydrogen-bond acceptors (Lipinski definition) is 5. The lowest BCUT2D eigenvalue weighted by atomic mass is 9.93. The molecule has 1 amide bonds. The van der Waals surface area contributed by atoms with Gasteiger partial charge < -0.3 is 19.3 Å². The van der Waals surface area contributed by atoms with E-state index in [4.69, 9.17) is 14.5 Å². The molecule has 29 heavy (non-hydrogen) atoms. The molecule has 0 bridgehead atoms. The van der Waals surface area contributed by atoms with Crippen LogP contribution in [-0.2, 0) is 9.53 Å². The average molecular weight is 398 g/mol. The predicted molar refractivity (Wildman–Crippen MR) is 115 cm³/mol. The van der Waals surface area contributed by atoms with Gasteiger partial charge in [-0.1, -0.05) is 0 Å². The number of pyridine rings is 1. The van der Waals surface area contributed by atoms with Crippen molar-refractivity contribution >= 4 is 11.6 Å². The van der Waals surface area contributed by atoms with Crippen LogP contribution in [-0.4, -0.2) is 56.7 Å². The van der Waals surface area contributed by atoms with Crippen molar-refractivity contribution in [1.29, 1.82) is 0 Å². The summed E-state index contributed by atoms with van der Waals surface area (Å²) in [6, 6.07) is 12.0. The number of amides is 1. The lowest BCUT2D eigenvalue weighted by Crippen LogP contribution is -2.39. The van der Waals surface area contributed by atoms with E-state index in [-0.39, 0.29) is 11.8 Å². The van der Waals surface area contributed by atoms with E-state index >= 15 is 0 Å². The Balaban J connectivity index is 1.72. The molecule has 1 saturated heterocycles. The fourth-order valence-electron chi connectivity index (χ4n) is 3.67. The second kappa shape index (κ2) is 9.74. The van der Waals surface area contributed by atoms with Crippen LogP contribution in [0.5, 0.6) is 11.5 Å². The number of aryl methyl sites for hydroxylation is 1. The van der Waals surface area contributed by atoms with Gasteiger partial charge in [-0.2, -0.15) is 0 Å². The van der Waals surface area contributed by atoms with Crippen molar-refractivity contribution in [3.05, 3.63) is 47.8 Å². The first-order valence-corrected chi connectivity index (χ1v) is 10.2. The minimum Gasteiger partial charge on any atom is -0.457 e. The number of nitrogens with zero attached hydrogens (tertiary/aromatic N) is 3. The fourth-order valence-corrected chi connectivity index (χ4v) is 3.67. The standard InChI is InChI=1S/C23H31N3O3/c1-17-14-21(29-20-9-7-19(8-10-20)25(2)3)15-22(24-17)18-6-5-12-26(16-18)23(27)11-13-28-4/h7-10,14-15,18H,5-6,11-13,16H2,1-4H3/t18-/m1/s1. The molecule has 1 fully saturated rings. The Kier molecular flexibility index (Phi) is 7.09. The molecule has 1 aromatic carbocycles. The van der Waals surface area contributed by atoms with Gasteiger partial charge in [-0.3, -0.25) is 9.78 Å². The van der Waals surface area contributed by atoms with E-state index in [1.165, 1.54) is 0 Å². The third-order valence-corrected chi connectivity index (χ3v) is 5.25. The molecule has 0 radical (unpaired) electrons. The number of carbonyl (C=O) groups is 1. The molecule has 0 unspecified atom stereocenters. The van der Waals surface area contributed by atoms with E-state index in [1.807, 2.05) is 62.3 Å². The minimum atomic E-state index is 0.154. The van der Waals surface area contributed by atoms with Crippen molar-refractivity contribution in [3.8, 4) is 11.5 Å². The molecule has 6 heteroatoms. The summed E-state index contributed by atoms with van der Waals surface area (Å²) in [4.78, 5) is 21.1. The van der Waals surface area contributed by atoms with E-state index in [2.05, 4.69) is 4.90 Å². The van der Waals surface area contributed by atoms with Gasteiger partial charge in [0.15, 0.2) is 0 Å². The predicted octanol–water partition coefficient (Wildman–Crippen LogP) is 3.99. The summed E-state index contributed by atoms with van der Waals surface area (Å²) in [5.41, 5.74) is 3.05. The molecule has 0 N–H and O–H groups in total. The quantitative estimate of drug-likeness (QED) is 0.707. The van der Waals surface area contributed by atoms with E-state index < -0.39 is 0 Å². The normalized spacial score (nSPS) is 16.6. The molecule has 0 aliphatic carbocycles. The van der Waals surface area contributed by atoms with Crippen LogP contribution in [0.3, 0.4) is 0 Å². The second-order valence-electron chi connectivity index (χ2n) is 7.78. The molecule has 1 aliphatic rings. The molecule has 2 heterocycles. The second-order valence-corrected chi connectivity index (χ2v) is 7.78. The third-order valence-electron chi connectivity index (χ3n) is 5.25. The molecular formula is C23H31N3O3. The van der Waals surface area contributed by atoms with Gasteiger partial charge in [0.2, 0.25) is 5.91 Å². The largest absolute Gasteiger partial charge is 0.457 e. The lowest BCUT2D eigenvalue weighted by Gasteiger charge is -2.32. The number of hydrogen-bond donors (Lipinski definition) is 0. The monoisotopic (exact) mass is 397 g/mol. The van der Waals surface area contributed by atoms with Crippen LogP contribution in [0.15, 0.2) is 36.4 Å². The van der Waals surface area contributed by atoms with Crippen molar-refractivity contribution in [2.75, 3.05) is 45.8 Å². The van der Waals surface area contributed by atoms with Gasteiger partial charge in [-0.15, -0.1) is 0 Å². The van der Waals surface area contributed by atoms with Gasteiger partial charge in [-0.25, -0.2) is 0 Å². The Morgan fingerprint density at radius 3 is 2.66 bits per heavy atom. The highest BCUT2D eigenvalue weighted by molar-refractivity contribution is 5.76. The summed E-state index contributed by atoms with van der Waals surface area (Å²) in [7, 11) is 5.65. The SMILES string of the molecule is COCCC(=O)N1CCC[C@@H](c2cc(Oc3ccc(N(C)C)cc3)cc(C)n2)C1. The van der Waals surface area contributed by atoms with Crippen LogP contribution in [0.2, 0.25) is 0 Å². The fraction of sp³-hybridized carbons (Fsp3) is 0.478. The number of benzene rings is 1. The summed E-state index contributed by atoms with van der Waals surface area (Å²) in [5.74, 6) is 1.97. The molecule has 0 spiro atoms. The van der Waals surface area contributed by atoms with Crippen LogP contribution >= 0.6 is 0 Å². The first-order chi connectivity index (χ1) is 14.0. The Hall–Kier alpha value is -2.60. The van der Waals surface area contributed by atoms with Crippen molar-refractivity contribution in [2.24, 2.45) is 0 Å². The molecule has 3 rings (SSSR count). The molecule has 1 aliphatic heterocycles. The molecule has 6 nitrogen and oxygen atoms in total. The van der Waals surface area contributed by atoms with E-state index in [0.717, 1.165) is 48.0 Å². The topological polar surface area (TPSA) is 54.9 Å². The number of anilines is 1. The number of ether oxygens (including phenoxy) is 2. The van der Waals surface area contributed by atoms with E-state index in [9.17, 15) is 4.79 Å². The first-order valence-electron chi connectivity index (χ1n) is 10.2. The highest BCUT2D eigenvalue weighted by atomic mass is 16.5. The number of aromatic nitrogens is 1. The number of rotatable bonds is 7. The molecular weight excluding hydrogens is 366 g/mol. The zero-order valence-electron chi connectivity index (χ0n) is 17.9. The summed E-state index contributed by atoms with van der Waals surface area (Å²) in [5, 5.41) is 0. The minimum absolute atomic E-state index is 0.154. The molecule has 156 valence electrons. The smallest absolute Gasteiger partial charge is 0.224 e. The highest BCUT2D eigenvalue weighted by Gasteiger charge is 2.26. The van der Waals surface area contributed by atoms with Crippen molar-refractivity contribution < 1.29 is 14.3 Å². The molecule has 1 aromatic heterocycles. The average Bonchev–Trinajstić information content (AvgIpc) is 2.72. The highest BCUT2D eigenvalue weighted by Crippen LogP contribution is 2.31. The third kappa shape index (κ3) is 5.70. The Morgan fingerprint density at radius 2 is 1.97 bits per heavy atom. The van der Waals surface area contributed by atoms with Crippen LogP contribution in [0, 0.1) is 6.92 Å². The van der Waals surface area contributed by atoms with Crippen molar-refractivity contribution in [1.82, 2.24) is 9.88 Å². The van der Waals surface area contributed by atoms with Gasteiger partial charge in [0.25, 0.3) is 0 Å². The van der Waals surface area contributed by atoms with Gasteiger partial charge in [-0.05, 0) is 44.0 Å². The van der Waals surface area contributed by atoms with Gasteiger partial charge in [0, 0.05) is 69.4 Å². The molecule has 2 aromatic rings. The van der Waals surface area contributed by atoms with Crippen molar-refractivity contribution in [2.45, 2.75) is 32.1 Å². The van der Waals surface area contributed by atoms with Gasteiger partial charge in [0.1, 0.15) is 11.5 Å². The molecule has 1 atom stereocenters. The van der Waals surface area contributed by atoms with E-state index in [0.29, 0.717) is 19.6 Å². The van der Waals surface area contributed by atoms with Crippen LogP contribution < -0.4 is 9.64 Å². The summed E-state index contributed by atoms with van der Waals surface area (Å²) >= 11 is 0. The van der Waals surface area contributed by atoms with Crippen LogP contribution in [0.25, 0.3) is 0 Å². The summed E-state index contributed by atoms with van der Waals surface area (Å²) in [6.07, 6.45) is 2.45. The Morgan fingerprint density at radius 1 is 1.21 bits per heavy atom. The maximum Gasteiger partial charge on any atom is 0.224 e. The van der Waals surface area contributed by atoms with Crippen LogP contribution in [0.4, 0.5) is 5.69 Å². The van der Waals surface area contributed by atoms with E-state index in [1.54, 1.807) is 7.11 Å². The van der Waals surface area contributed by atoms with Crippen molar-refractivity contribution in [3.63, 3.8) is 0 Å². The summed E-state index contributed by atoms with van der Waals surface area (Å²) in [6.45, 7) is 3.96. The van der Waals surface area contributed by atoms with Crippen LogP contribution in [0.1, 0.15) is 36.6 Å². The van der Waals surface area contributed by atoms with Gasteiger partial charge >= 0.3 is 0 Å². The number of carbonyl (C=O) groups excluding carboxylic acids is 1. The Bertz CT molecular complexity index is 821. The number of piperidine rings is 1.